The van der Waals surface area contributed by atoms with Gasteiger partial charge in [0.25, 0.3) is 5.91 Å². The summed E-state index contributed by atoms with van der Waals surface area (Å²) in [5, 5.41) is 28.4. The smallest absolute Gasteiger partial charge is 0.251 e. The first-order valence-corrected chi connectivity index (χ1v) is 12.2. The van der Waals surface area contributed by atoms with Crippen molar-refractivity contribution in [3.05, 3.63) is 72.4 Å². The number of fused-ring (bicyclic) bond motifs is 2. The molecule has 1 aliphatic rings. The lowest BCUT2D eigenvalue weighted by molar-refractivity contribution is -0.0235. The van der Waals surface area contributed by atoms with Crippen LogP contribution >= 0.6 is 0 Å². The first-order chi connectivity index (χ1) is 17.5. The lowest BCUT2D eigenvalue weighted by Crippen LogP contribution is -2.47. The van der Waals surface area contributed by atoms with Gasteiger partial charge < -0.3 is 10.4 Å². The fourth-order valence-corrected chi connectivity index (χ4v) is 5.24. The van der Waals surface area contributed by atoms with Crippen LogP contribution in [-0.4, -0.2) is 52.6 Å². The first kappa shape index (κ1) is 22.4. The molecule has 36 heavy (non-hydrogen) atoms. The molecular weight excluding hydrogens is 454 g/mol. The van der Waals surface area contributed by atoms with Gasteiger partial charge in [-0.25, -0.2) is 0 Å². The van der Waals surface area contributed by atoms with Gasteiger partial charge >= 0.3 is 0 Å². The zero-order valence-electron chi connectivity index (χ0n) is 20.0. The summed E-state index contributed by atoms with van der Waals surface area (Å²) in [4.78, 5) is 21.6. The van der Waals surface area contributed by atoms with Crippen LogP contribution in [0.5, 0.6) is 0 Å². The quantitative estimate of drug-likeness (QED) is 0.351. The van der Waals surface area contributed by atoms with Crippen molar-refractivity contribution in [3.63, 3.8) is 0 Å². The molecule has 9 heteroatoms. The molecule has 1 fully saturated rings. The molecule has 0 aliphatic heterocycles. The number of amides is 1. The number of nitrogens with one attached hydrogen (secondary N) is 2. The van der Waals surface area contributed by atoms with Crippen LogP contribution in [0.3, 0.4) is 0 Å². The van der Waals surface area contributed by atoms with Crippen molar-refractivity contribution in [2.75, 3.05) is 0 Å². The minimum absolute atomic E-state index is 0.120. The second-order valence-corrected chi connectivity index (χ2v) is 9.77. The minimum atomic E-state index is -0.938. The average molecular weight is 482 g/mol. The van der Waals surface area contributed by atoms with Crippen molar-refractivity contribution >= 4 is 27.7 Å². The monoisotopic (exact) mass is 481 g/mol. The molecule has 0 spiro atoms. The van der Waals surface area contributed by atoms with Crippen LogP contribution in [0.25, 0.3) is 33.1 Å². The maximum Gasteiger partial charge on any atom is 0.251 e. The predicted molar refractivity (Wildman–Crippen MR) is 136 cm³/mol. The van der Waals surface area contributed by atoms with E-state index in [1.165, 1.54) is 0 Å². The lowest BCUT2D eigenvalue weighted by atomic mass is 9.81. The molecular formula is C27H27N7O2. The second-order valence-electron chi connectivity index (χ2n) is 9.77. The van der Waals surface area contributed by atoms with Gasteiger partial charge in [-0.15, -0.1) is 0 Å². The first-order valence-electron chi connectivity index (χ1n) is 12.2. The van der Waals surface area contributed by atoms with E-state index in [4.69, 9.17) is 0 Å². The third kappa shape index (κ3) is 4.33. The number of aromatic amines is 1. The molecule has 1 aromatic carbocycles. The Hall–Kier alpha value is -4.11. The third-order valence-corrected chi connectivity index (χ3v) is 6.96. The van der Waals surface area contributed by atoms with Gasteiger partial charge in [0.05, 0.1) is 23.9 Å². The largest absolute Gasteiger partial charge is 0.388 e. The second kappa shape index (κ2) is 8.83. The molecule has 1 aliphatic carbocycles. The van der Waals surface area contributed by atoms with Crippen molar-refractivity contribution in [3.8, 4) is 11.3 Å². The Bertz CT molecular complexity index is 1540. The van der Waals surface area contributed by atoms with Crippen LogP contribution < -0.4 is 5.32 Å². The molecule has 0 unspecified atom stereocenters. The lowest BCUT2D eigenvalue weighted by Gasteiger charge is -2.37. The van der Waals surface area contributed by atoms with Gasteiger partial charge in [-0.1, -0.05) is 0 Å². The number of carbonyl (C=O) groups is 1. The Morgan fingerprint density at radius 1 is 1.25 bits per heavy atom. The van der Waals surface area contributed by atoms with Crippen LogP contribution in [0.2, 0.25) is 0 Å². The van der Waals surface area contributed by atoms with E-state index >= 15 is 0 Å². The van der Waals surface area contributed by atoms with Crippen LogP contribution in [0.1, 0.15) is 41.7 Å². The third-order valence-electron chi connectivity index (χ3n) is 6.96. The van der Waals surface area contributed by atoms with Gasteiger partial charge in [-0.05, 0) is 69.0 Å². The minimum Gasteiger partial charge on any atom is -0.388 e. The Morgan fingerprint density at radius 3 is 3.03 bits per heavy atom. The number of aryl methyl sites for hydroxylation is 1. The van der Waals surface area contributed by atoms with Crippen LogP contribution in [0.4, 0.5) is 0 Å². The number of H-pyrrole nitrogens is 1. The number of aliphatic hydroxyl groups is 1. The molecule has 0 radical (unpaired) electrons. The number of benzene rings is 1. The highest BCUT2D eigenvalue weighted by molar-refractivity contribution is 6.01. The van der Waals surface area contributed by atoms with Crippen molar-refractivity contribution in [1.29, 1.82) is 0 Å². The molecule has 4 heterocycles. The van der Waals surface area contributed by atoms with E-state index in [0.29, 0.717) is 24.9 Å². The van der Waals surface area contributed by atoms with Crippen molar-refractivity contribution in [1.82, 2.24) is 35.3 Å². The van der Waals surface area contributed by atoms with Crippen molar-refractivity contribution in [2.24, 2.45) is 0 Å². The fourth-order valence-electron chi connectivity index (χ4n) is 5.24. The molecule has 6 rings (SSSR count). The van der Waals surface area contributed by atoms with Gasteiger partial charge in [0.15, 0.2) is 0 Å². The predicted octanol–water partition coefficient (Wildman–Crippen LogP) is 3.78. The average Bonchev–Trinajstić information content (AvgIpc) is 3.46. The van der Waals surface area contributed by atoms with E-state index in [-0.39, 0.29) is 11.9 Å². The molecule has 0 bridgehead atoms. The standard InChI is InChI=1S/C27H27N7O2/c1-17-11-18(7-10-29-17)25-22-12-19(4-5-23(22)31-32-25)26(35)30-21-3-2-8-27(36,13-21)16-34-15-20-6-9-28-14-24(20)33-34/h4-7,9-12,14-15,21,36H,2-3,8,13,16H2,1H3,(H,30,35)(H,31,32)/t21-,27-/m1/s1. The SMILES string of the molecule is Cc1cc(-c2n[nH]c3ccc(C(=O)N[C@@H]4CCC[C@](O)(Cn5cc6ccncc6n5)C4)cc23)ccn1. The molecule has 5 aromatic rings. The zero-order valence-corrected chi connectivity index (χ0v) is 20.0. The number of hydrogen-bond acceptors (Lipinski definition) is 6. The number of carbonyl (C=O) groups excluding carboxylic acids is 1. The zero-order chi connectivity index (χ0) is 24.7. The summed E-state index contributed by atoms with van der Waals surface area (Å²) in [7, 11) is 0. The molecule has 1 saturated carbocycles. The number of hydrogen-bond donors (Lipinski definition) is 3. The van der Waals surface area contributed by atoms with E-state index in [1.807, 2.05) is 43.5 Å². The van der Waals surface area contributed by atoms with E-state index in [1.54, 1.807) is 29.3 Å². The Morgan fingerprint density at radius 2 is 2.17 bits per heavy atom. The van der Waals surface area contributed by atoms with E-state index in [0.717, 1.165) is 51.6 Å². The number of aromatic nitrogens is 6. The van der Waals surface area contributed by atoms with Gasteiger partial charge in [0.1, 0.15) is 11.2 Å². The molecule has 3 N–H and O–H groups in total. The summed E-state index contributed by atoms with van der Waals surface area (Å²) in [6.45, 7) is 2.32. The molecule has 0 saturated heterocycles. The molecule has 4 aromatic heterocycles. The maximum atomic E-state index is 13.2. The summed E-state index contributed by atoms with van der Waals surface area (Å²) in [6, 6.07) is 11.2. The maximum absolute atomic E-state index is 13.2. The van der Waals surface area contributed by atoms with Crippen LogP contribution in [0.15, 0.2) is 61.2 Å². The normalized spacial score (nSPS) is 20.1. The fraction of sp³-hybridized carbons (Fsp3) is 0.296. The Kier molecular flexibility index (Phi) is 5.49. The summed E-state index contributed by atoms with van der Waals surface area (Å²) in [5.74, 6) is -0.153. The summed E-state index contributed by atoms with van der Waals surface area (Å²) < 4.78 is 1.78. The highest BCUT2D eigenvalue weighted by atomic mass is 16.3. The molecule has 182 valence electrons. The molecule has 9 nitrogen and oxygen atoms in total. The topological polar surface area (TPSA) is 122 Å². The van der Waals surface area contributed by atoms with Crippen LogP contribution in [-0.2, 0) is 6.54 Å². The van der Waals surface area contributed by atoms with E-state index in [9.17, 15) is 9.90 Å². The van der Waals surface area contributed by atoms with Gasteiger partial charge in [-0.3, -0.25) is 24.5 Å². The van der Waals surface area contributed by atoms with Gasteiger partial charge in [-0.2, -0.15) is 10.2 Å². The molecule has 1 amide bonds. The number of nitrogens with zero attached hydrogens (tertiary/aromatic N) is 5. The van der Waals surface area contributed by atoms with E-state index in [2.05, 4.69) is 30.6 Å². The highest BCUT2D eigenvalue weighted by Crippen LogP contribution is 2.31. The van der Waals surface area contributed by atoms with Crippen molar-refractivity contribution in [2.45, 2.75) is 50.8 Å². The Labute approximate surface area is 207 Å². The number of rotatable bonds is 5. The number of pyridine rings is 2. The van der Waals surface area contributed by atoms with Gasteiger partial charge in [0.2, 0.25) is 0 Å². The summed E-state index contributed by atoms with van der Waals surface area (Å²) in [5.41, 5.74) is 3.94. The molecule has 2 atom stereocenters. The van der Waals surface area contributed by atoms with Gasteiger partial charge in [0, 0.05) is 52.2 Å². The van der Waals surface area contributed by atoms with Crippen molar-refractivity contribution < 1.29 is 9.90 Å². The summed E-state index contributed by atoms with van der Waals surface area (Å²) >= 11 is 0. The summed E-state index contributed by atoms with van der Waals surface area (Å²) in [6.07, 6.45) is 9.94. The Balaban J connectivity index is 1.18. The highest BCUT2D eigenvalue weighted by Gasteiger charge is 2.36. The van der Waals surface area contributed by atoms with Crippen LogP contribution in [0, 0.1) is 6.92 Å². The van der Waals surface area contributed by atoms with E-state index < -0.39 is 5.60 Å².